The summed E-state index contributed by atoms with van der Waals surface area (Å²) >= 11 is 0. The molecule has 570 valence electrons. The van der Waals surface area contributed by atoms with E-state index in [2.05, 4.69) is 55.9 Å². The summed E-state index contributed by atoms with van der Waals surface area (Å²) in [6, 6.07) is 1.25. The maximum atomic E-state index is 10.9. The number of quaternary nitrogens is 2. The van der Waals surface area contributed by atoms with Crippen molar-refractivity contribution < 1.29 is 44.5 Å². The van der Waals surface area contributed by atoms with Gasteiger partial charge in [-0.3, -0.25) is 9.59 Å². The number of carbonyl (C=O) groups excluding carboxylic acids is 2. The molecule has 0 N–H and O–H groups in total. The SMILES string of the molecule is CCCCCCCCCCCCCCCCCC[N+](C)(C)CCCCCCCCCCCCCCCCCC.CCCCCCCCCCCCCCCCCC[N+](C)(C)CCCCCCCCCCCCCCCCCC.O=Cc1ccc(S(=O)(=O)[O-])c(C=O)c1S(=O)(=O)[O-]. The van der Waals surface area contributed by atoms with Crippen LogP contribution in [-0.4, -0.2) is 102 Å². The molecule has 10 nitrogen and oxygen atoms in total. The summed E-state index contributed by atoms with van der Waals surface area (Å²) in [5.41, 5.74) is -1.83. The van der Waals surface area contributed by atoms with Gasteiger partial charge < -0.3 is 18.1 Å². The van der Waals surface area contributed by atoms with Gasteiger partial charge in [-0.1, -0.05) is 387 Å². The van der Waals surface area contributed by atoms with E-state index in [9.17, 15) is 35.5 Å². The minimum atomic E-state index is -5.29. The third-order valence-corrected chi connectivity index (χ3v) is 22.3. The van der Waals surface area contributed by atoms with Gasteiger partial charge in [0.1, 0.15) is 20.2 Å². The number of nitrogens with zero attached hydrogens (tertiary/aromatic N) is 2. The Morgan fingerprint density at radius 1 is 0.260 bits per heavy atom. The molecule has 0 aliphatic heterocycles. The molecular formula is C84H164N2O8S2. The van der Waals surface area contributed by atoms with Gasteiger partial charge in [-0.15, -0.1) is 0 Å². The number of hydrogen-bond acceptors (Lipinski definition) is 8. The van der Waals surface area contributed by atoms with Crippen LogP contribution in [0.5, 0.6) is 0 Å². The van der Waals surface area contributed by atoms with Gasteiger partial charge in [0.15, 0.2) is 12.6 Å². The molecule has 0 unspecified atom stereocenters. The summed E-state index contributed by atoms with van der Waals surface area (Å²) in [6.45, 7) is 14.8. The lowest BCUT2D eigenvalue weighted by Crippen LogP contribution is -2.41. The van der Waals surface area contributed by atoms with Crippen molar-refractivity contribution >= 4 is 32.8 Å². The molecule has 0 fully saturated rings. The molecular weight excluding hydrogens is 1230 g/mol. The molecule has 0 amide bonds. The zero-order valence-corrected chi connectivity index (χ0v) is 67.0. The van der Waals surface area contributed by atoms with Crippen LogP contribution in [-0.2, 0) is 20.2 Å². The highest BCUT2D eigenvalue weighted by atomic mass is 32.2. The third kappa shape index (κ3) is 66.8. The van der Waals surface area contributed by atoms with Crippen LogP contribution < -0.4 is 0 Å². The summed E-state index contributed by atoms with van der Waals surface area (Å²) in [7, 11) is -0.566. The molecule has 0 spiro atoms. The van der Waals surface area contributed by atoms with E-state index >= 15 is 0 Å². The number of unbranched alkanes of at least 4 members (excludes halogenated alkanes) is 60. The first kappa shape index (κ1) is 96.4. The number of carbonyl (C=O) groups is 2. The third-order valence-electron chi connectivity index (χ3n) is 20.4. The highest BCUT2D eigenvalue weighted by molar-refractivity contribution is 7.86. The van der Waals surface area contributed by atoms with Gasteiger partial charge in [-0.05, 0) is 63.5 Å². The second-order valence-corrected chi connectivity index (χ2v) is 33.7. The zero-order valence-electron chi connectivity index (χ0n) is 65.4. The number of rotatable bonds is 72. The van der Waals surface area contributed by atoms with Gasteiger partial charge in [0.2, 0.25) is 0 Å². The van der Waals surface area contributed by atoms with Crippen LogP contribution in [0.25, 0.3) is 0 Å². The van der Waals surface area contributed by atoms with E-state index in [1.165, 1.54) is 446 Å². The minimum Gasteiger partial charge on any atom is -0.744 e. The molecule has 96 heavy (non-hydrogen) atoms. The molecule has 12 heteroatoms. The van der Waals surface area contributed by atoms with Gasteiger partial charge in [0, 0.05) is 5.56 Å². The van der Waals surface area contributed by atoms with Crippen molar-refractivity contribution in [3.05, 3.63) is 23.3 Å². The first-order valence-corrected chi connectivity index (χ1v) is 44.8. The Balaban J connectivity index is 0. The first-order valence-electron chi connectivity index (χ1n) is 42.0. The Morgan fingerprint density at radius 2 is 0.427 bits per heavy atom. The van der Waals surface area contributed by atoms with E-state index < -0.39 is 41.2 Å². The molecule has 1 rings (SSSR count). The van der Waals surface area contributed by atoms with Crippen LogP contribution in [0.15, 0.2) is 21.9 Å². The molecule has 1 aromatic rings. The van der Waals surface area contributed by atoms with Crippen molar-refractivity contribution in [1.29, 1.82) is 0 Å². The fraction of sp³-hybridized carbons (Fsp3) is 0.905. The van der Waals surface area contributed by atoms with E-state index in [1.807, 2.05) is 0 Å². The van der Waals surface area contributed by atoms with Crippen molar-refractivity contribution in [3.63, 3.8) is 0 Å². The van der Waals surface area contributed by atoms with Crippen LogP contribution in [0.4, 0.5) is 0 Å². The lowest BCUT2D eigenvalue weighted by atomic mass is 10.0. The van der Waals surface area contributed by atoms with E-state index in [0.717, 1.165) is 0 Å². The number of aldehydes is 2. The molecule has 0 aromatic heterocycles. The normalized spacial score (nSPS) is 12.0. The summed E-state index contributed by atoms with van der Waals surface area (Å²) in [6.07, 6.45) is 93.5. The molecule has 0 aliphatic rings. The highest BCUT2D eigenvalue weighted by Gasteiger charge is 2.21. The predicted molar refractivity (Wildman–Crippen MR) is 415 cm³/mol. The largest absolute Gasteiger partial charge is 0.744 e. The predicted octanol–water partition coefficient (Wildman–Crippen LogP) is 26.3. The molecule has 0 saturated carbocycles. The van der Waals surface area contributed by atoms with Crippen LogP contribution in [0.2, 0.25) is 0 Å². The molecule has 0 aliphatic carbocycles. The second kappa shape index (κ2) is 70.3. The molecule has 1 aromatic carbocycles. The van der Waals surface area contributed by atoms with Crippen molar-refractivity contribution in [3.8, 4) is 0 Å². The lowest BCUT2D eigenvalue weighted by molar-refractivity contribution is -0.890. The minimum absolute atomic E-state index is 0.0427. The van der Waals surface area contributed by atoms with E-state index in [0.29, 0.717) is 12.1 Å². The maximum Gasteiger partial charge on any atom is 0.152 e. The fourth-order valence-electron chi connectivity index (χ4n) is 13.9. The van der Waals surface area contributed by atoms with Gasteiger partial charge in [0.25, 0.3) is 0 Å². The Bertz CT molecular complexity index is 1890. The van der Waals surface area contributed by atoms with Crippen LogP contribution in [0, 0.1) is 0 Å². The van der Waals surface area contributed by atoms with Crippen LogP contribution in [0.1, 0.15) is 459 Å². The smallest absolute Gasteiger partial charge is 0.152 e. The Labute approximate surface area is 599 Å². The van der Waals surface area contributed by atoms with Crippen LogP contribution in [0.3, 0.4) is 0 Å². The summed E-state index contributed by atoms with van der Waals surface area (Å²) in [4.78, 5) is 18.8. The average molecular weight is 1390 g/mol. The number of hydrogen-bond donors (Lipinski definition) is 0. The Kier molecular flexibility index (Phi) is 70.6. The standard InChI is InChI=1S/2C38H80N.C8H6O8S2/c2*1-5-7-9-11-13-15-17-19-21-23-25-27-29-31-33-35-37-39(3,4)38-36-34-32-30-28-26-24-22-20-18-16-14-12-10-8-6-2;9-3-5-1-2-7(17(11,12)13)6(4-10)8(5)18(14,15)16/h2*5-38H2,1-4H3;1-4H,(H,11,12,13)(H,14,15,16)/q2*+1;/p-2. The Hall–Kier alpha value is -1.70. The van der Waals surface area contributed by atoms with Gasteiger partial charge in [0.05, 0.1) is 69.7 Å². The second-order valence-electron chi connectivity index (χ2n) is 31.0. The Morgan fingerprint density at radius 3 is 0.562 bits per heavy atom. The van der Waals surface area contributed by atoms with E-state index in [1.54, 1.807) is 0 Å². The maximum absolute atomic E-state index is 10.9. The number of benzene rings is 1. The van der Waals surface area contributed by atoms with Crippen LogP contribution >= 0.6 is 0 Å². The molecule has 0 bridgehead atoms. The molecule has 0 atom stereocenters. The van der Waals surface area contributed by atoms with Crippen molar-refractivity contribution in [2.45, 2.75) is 448 Å². The topological polar surface area (TPSA) is 149 Å². The fourth-order valence-corrected chi connectivity index (χ4v) is 15.4. The quantitative estimate of drug-likeness (QED) is 0.0271. The lowest BCUT2D eigenvalue weighted by Gasteiger charge is -2.30. The summed E-state index contributed by atoms with van der Waals surface area (Å²) < 4.78 is 67.6. The summed E-state index contributed by atoms with van der Waals surface area (Å²) in [5.74, 6) is 0. The molecule has 0 heterocycles. The van der Waals surface area contributed by atoms with Gasteiger partial charge in [-0.2, -0.15) is 0 Å². The average Bonchev–Trinajstić information content (AvgIpc) is 0.779. The first-order chi connectivity index (χ1) is 46.4. The monoisotopic (exact) mass is 1390 g/mol. The van der Waals surface area contributed by atoms with Crippen molar-refractivity contribution in [2.24, 2.45) is 0 Å². The zero-order chi connectivity index (χ0) is 71.2. The van der Waals surface area contributed by atoms with Crippen molar-refractivity contribution in [2.75, 3.05) is 54.4 Å². The molecule has 0 radical (unpaired) electrons. The highest BCUT2D eigenvalue weighted by Crippen LogP contribution is 2.26. The summed E-state index contributed by atoms with van der Waals surface area (Å²) in [5, 5.41) is 0. The molecule has 0 saturated heterocycles. The van der Waals surface area contributed by atoms with Gasteiger partial charge in [-0.25, -0.2) is 16.8 Å². The van der Waals surface area contributed by atoms with E-state index in [-0.39, 0.29) is 12.6 Å². The van der Waals surface area contributed by atoms with Crippen molar-refractivity contribution in [1.82, 2.24) is 0 Å². The van der Waals surface area contributed by atoms with Gasteiger partial charge >= 0.3 is 0 Å². The van der Waals surface area contributed by atoms with E-state index in [4.69, 9.17) is 0 Å².